The number of rotatable bonds is 10. The Labute approximate surface area is 125 Å². The standard InChI is InChI=1S/C16H32O3Si/c1-13(2)20(14(3)4,15(5)6)19-10-8-7-9-17-11-16-12-18-16/h7-8,13-16H,9-12H2,1-6H3. The van der Waals surface area contributed by atoms with Crippen LogP contribution in [0.15, 0.2) is 12.2 Å². The molecule has 0 N–H and O–H groups in total. The molecule has 1 unspecified atom stereocenters. The minimum absolute atomic E-state index is 0.350. The third kappa shape index (κ3) is 4.99. The van der Waals surface area contributed by atoms with Gasteiger partial charge in [-0.3, -0.25) is 0 Å². The Morgan fingerprint density at radius 2 is 1.50 bits per heavy atom. The van der Waals surface area contributed by atoms with Gasteiger partial charge in [-0.2, -0.15) is 0 Å². The summed E-state index contributed by atoms with van der Waals surface area (Å²) in [5.74, 6) is 0. The van der Waals surface area contributed by atoms with Gasteiger partial charge in [0, 0.05) is 0 Å². The summed E-state index contributed by atoms with van der Waals surface area (Å²) in [5.41, 5.74) is 1.91. The van der Waals surface area contributed by atoms with Gasteiger partial charge < -0.3 is 13.9 Å². The van der Waals surface area contributed by atoms with Crippen molar-refractivity contribution < 1.29 is 13.9 Å². The Morgan fingerprint density at radius 3 is 1.95 bits per heavy atom. The molecule has 0 amide bonds. The van der Waals surface area contributed by atoms with E-state index in [4.69, 9.17) is 13.9 Å². The normalized spacial score (nSPS) is 19.8. The van der Waals surface area contributed by atoms with Crippen molar-refractivity contribution in [3.05, 3.63) is 12.2 Å². The molecule has 1 rings (SSSR count). The molecule has 3 nitrogen and oxygen atoms in total. The summed E-state index contributed by atoms with van der Waals surface area (Å²) in [4.78, 5) is 0. The molecule has 0 aromatic carbocycles. The van der Waals surface area contributed by atoms with Crippen LogP contribution in [0.4, 0.5) is 0 Å². The minimum atomic E-state index is -1.72. The molecule has 1 atom stereocenters. The fourth-order valence-corrected chi connectivity index (χ4v) is 8.65. The Morgan fingerprint density at radius 1 is 1.00 bits per heavy atom. The molecule has 0 saturated carbocycles. The first-order chi connectivity index (χ1) is 9.41. The molecule has 20 heavy (non-hydrogen) atoms. The van der Waals surface area contributed by atoms with Crippen LogP contribution in [0.5, 0.6) is 0 Å². The van der Waals surface area contributed by atoms with E-state index in [2.05, 4.69) is 53.7 Å². The fourth-order valence-electron chi connectivity index (χ4n) is 3.26. The van der Waals surface area contributed by atoms with Crippen molar-refractivity contribution in [2.75, 3.05) is 26.4 Å². The van der Waals surface area contributed by atoms with Gasteiger partial charge in [0.1, 0.15) is 6.10 Å². The van der Waals surface area contributed by atoms with Crippen LogP contribution >= 0.6 is 0 Å². The third-order valence-corrected chi connectivity index (χ3v) is 10.3. The van der Waals surface area contributed by atoms with E-state index < -0.39 is 8.32 Å². The highest BCUT2D eigenvalue weighted by Gasteiger charge is 2.44. The predicted octanol–water partition coefficient (Wildman–Crippen LogP) is 4.15. The molecule has 0 aliphatic carbocycles. The fraction of sp³-hybridized carbons (Fsp3) is 0.875. The van der Waals surface area contributed by atoms with Gasteiger partial charge in [-0.25, -0.2) is 0 Å². The predicted molar refractivity (Wildman–Crippen MR) is 86.7 cm³/mol. The molecule has 1 heterocycles. The van der Waals surface area contributed by atoms with E-state index in [1.54, 1.807) is 0 Å². The van der Waals surface area contributed by atoms with Crippen LogP contribution < -0.4 is 0 Å². The quantitative estimate of drug-likeness (QED) is 0.263. The van der Waals surface area contributed by atoms with E-state index in [0.717, 1.165) is 6.61 Å². The summed E-state index contributed by atoms with van der Waals surface area (Å²) < 4.78 is 17.0. The molecule has 1 aliphatic rings. The highest BCUT2D eigenvalue weighted by atomic mass is 28.4. The number of hydrogen-bond acceptors (Lipinski definition) is 3. The molecule has 4 heteroatoms. The lowest BCUT2D eigenvalue weighted by Gasteiger charge is -2.41. The lowest BCUT2D eigenvalue weighted by Crippen LogP contribution is -2.47. The van der Waals surface area contributed by atoms with Crippen LogP contribution in [-0.2, 0) is 13.9 Å². The van der Waals surface area contributed by atoms with Crippen molar-refractivity contribution >= 4 is 8.32 Å². The van der Waals surface area contributed by atoms with E-state index in [1.165, 1.54) is 0 Å². The van der Waals surface area contributed by atoms with Crippen molar-refractivity contribution in [1.29, 1.82) is 0 Å². The summed E-state index contributed by atoms with van der Waals surface area (Å²) in [6, 6.07) is 0. The first-order valence-corrected chi connectivity index (χ1v) is 10.0. The zero-order chi connectivity index (χ0) is 15.2. The van der Waals surface area contributed by atoms with Crippen molar-refractivity contribution in [1.82, 2.24) is 0 Å². The molecule has 118 valence electrons. The third-order valence-electron chi connectivity index (χ3n) is 4.22. The lowest BCUT2D eigenvalue weighted by molar-refractivity contribution is 0.140. The zero-order valence-electron chi connectivity index (χ0n) is 14.0. The Bertz CT molecular complexity index is 274. The van der Waals surface area contributed by atoms with Crippen molar-refractivity contribution in [3.8, 4) is 0 Å². The monoisotopic (exact) mass is 300 g/mol. The maximum atomic E-state index is 6.43. The first-order valence-electron chi connectivity index (χ1n) is 7.89. The van der Waals surface area contributed by atoms with Crippen LogP contribution in [-0.4, -0.2) is 40.8 Å². The molecule has 1 aliphatic heterocycles. The van der Waals surface area contributed by atoms with Gasteiger partial charge in [0.15, 0.2) is 0 Å². The summed E-state index contributed by atoms with van der Waals surface area (Å²) in [5, 5.41) is 0. The molecule has 0 aromatic rings. The van der Waals surface area contributed by atoms with E-state index in [0.29, 0.717) is 42.5 Å². The van der Waals surface area contributed by atoms with Crippen LogP contribution in [0, 0.1) is 0 Å². The molecular weight excluding hydrogens is 268 g/mol. The molecule has 0 aromatic heterocycles. The lowest BCUT2D eigenvalue weighted by atomic mass is 10.5. The molecule has 0 bridgehead atoms. The van der Waals surface area contributed by atoms with Crippen molar-refractivity contribution in [2.24, 2.45) is 0 Å². The molecule has 0 spiro atoms. The summed E-state index contributed by atoms with van der Waals surface area (Å²) >= 11 is 0. The number of hydrogen-bond donors (Lipinski definition) is 0. The molecule has 1 fully saturated rings. The topological polar surface area (TPSA) is 31.0 Å². The Kier molecular flexibility index (Phi) is 7.44. The average molecular weight is 301 g/mol. The highest BCUT2D eigenvalue weighted by molar-refractivity contribution is 6.77. The Hall–Kier alpha value is -0.163. The SMILES string of the molecule is CC(C)[Si](OCC=CCOCC1CO1)(C(C)C)C(C)C. The van der Waals surface area contributed by atoms with Gasteiger partial charge >= 0.3 is 0 Å². The van der Waals surface area contributed by atoms with Crippen LogP contribution in [0.2, 0.25) is 16.6 Å². The number of ether oxygens (including phenoxy) is 2. The van der Waals surface area contributed by atoms with Crippen molar-refractivity contribution in [2.45, 2.75) is 64.3 Å². The largest absolute Gasteiger partial charge is 0.412 e. The van der Waals surface area contributed by atoms with E-state index >= 15 is 0 Å². The summed E-state index contributed by atoms with van der Waals surface area (Å²) in [6.07, 6.45) is 4.51. The second-order valence-electron chi connectivity index (χ2n) is 6.59. The van der Waals surface area contributed by atoms with Crippen LogP contribution in [0.25, 0.3) is 0 Å². The van der Waals surface area contributed by atoms with Crippen LogP contribution in [0.3, 0.4) is 0 Å². The summed E-state index contributed by atoms with van der Waals surface area (Å²) in [7, 11) is -1.72. The molecule has 1 saturated heterocycles. The van der Waals surface area contributed by atoms with Gasteiger partial charge in [-0.1, -0.05) is 53.7 Å². The second-order valence-corrected chi connectivity index (χ2v) is 12.1. The zero-order valence-corrected chi connectivity index (χ0v) is 15.0. The number of epoxide rings is 1. The van der Waals surface area contributed by atoms with E-state index in [9.17, 15) is 0 Å². The average Bonchev–Trinajstić information content (AvgIpc) is 3.15. The van der Waals surface area contributed by atoms with Gasteiger partial charge in [0.2, 0.25) is 8.32 Å². The Balaban J connectivity index is 2.35. The molecular formula is C16H32O3Si. The first kappa shape index (κ1) is 17.9. The van der Waals surface area contributed by atoms with Gasteiger partial charge in [0.25, 0.3) is 0 Å². The summed E-state index contributed by atoms with van der Waals surface area (Å²) in [6.45, 7) is 16.8. The minimum Gasteiger partial charge on any atom is -0.412 e. The van der Waals surface area contributed by atoms with Crippen LogP contribution in [0.1, 0.15) is 41.5 Å². The highest BCUT2D eigenvalue weighted by Crippen LogP contribution is 2.42. The van der Waals surface area contributed by atoms with Crippen molar-refractivity contribution in [3.63, 3.8) is 0 Å². The molecule has 0 radical (unpaired) electrons. The smallest absolute Gasteiger partial charge is 0.200 e. The second kappa shape index (κ2) is 8.32. The van der Waals surface area contributed by atoms with Gasteiger partial charge in [0.05, 0.1) is 26.4 Å². The van der Waals surface area contributed by atoms with Gasteiger partial charge in [-0.15, -0.1) is 0 Å². The van der Waals surface area contributed by atoms with E-state index in [-0.39, 0.29) is 0 Å². The van der Waals surface area contributed by atoms with E-state index in [1.807, 2.05) is 0 Å². The maximum Gasteiger partial charge on any atom is 0.200 e. The maximum absolute atomic E-state index is 6.43. The van der Waals surface area contributed by atoms with Gasteiger partial charge in [-0.05, 0) is 16.6 Å².